The zero-order valence-electron chi connectivity index (χ0n) is 9.81. The van der Waals surface area contributed by atoms with Crippen molar-refractivity contribution in [3.05, 3.63) is 30.1 Å². The smallest absolute Gasteiger partial charge is 0.184 e. The van der Waals surface area contributed by atoms with Crippen molar-refractivity contribution in [2.45, 2.75) is 46.2 Å². The molecule has 1 rings (SSSR count). The molecule has 0 spiro atoms. The van der Waals surface area contributed by atoms with Crippen LogP contribution in [0.4, 0.5) is 0 Å². The Kier molecular flexibility index (Phi) is 4.72. The lowest BCUT2D eigenvalue weighted by Gasteiger charge is -2.23. The number of ether oxygens (including phenoxy) is 2. The summed E-state index contributed by atoms with van der Waals surface area (Å²) in [5.74, 6) is 0. The molecule has 15 heavy (non-hydrogen) atoms. The van der Waals surface area contributed by atoms with Crippen LogP contribution < -0.4 is 0 Å². The summed E-state index contributed by atoms with van der Waals surface area (Å²) in [6.07, 6.45) is 3.47. The van der Waals surface area contributed by atoms with E-state index < -0.39 is 0 Å². The first-order valence-electron chi connectivity index (χ1n) is 5.30. The van der Waals surface area contributed by atoms with Crippen LogP contribution in [-0.4, -0.2) is 17.2 Å². The van der Waals surface area contributed by atoms with Gasteiger partial charge in [0.05, 0.1) is 12.2 Å². The van der Waals surface area contributed by atoms with Gasteiger partial charge in [0.1, 0.15) is 0 Å². The second-order valence-electron chi connectivity index (χ2n) is 3.98. The number of pyridine rings is 1. The van der Waals surface area contributed by atoms with Gasteiger partial charge >= 0.3 is 0 Å². The molecule has 0 saturated carbocycles. The molecule has 0 radical (unpaired) electrons. The number of nitrogens with zero attached hydrogens (tertiary/aromatic N) is 1. The van der Waals surface area contributed by atoms with Crippen molar-refractivity contribution in [1.82, 2.24) is 4.98 Å². The van der Waals surface area contributed by atoms with Crippen LogP contribution >= 0.6 is 0 Å². The fraction of sp³-hybridized carbons (Fsp3) is 0.583. The zero-order valence-corrected chi connectivity index (χ0v) is 9.81. The molecule has 0 amide bonds. The maximum Gasteiger partial charge on any atom is 0.184 e. The van der Waals surface area contributed by atoms with E-state index in [2.05, 4.69) is 4.98 Å². The summed E-state index contributed by atoms with van der Waals surface area (Å²) in [5.41, 5.74) is 1.01. The lowest BCUT2D eigenvalue weighted by molar-refractivity contribution is -0.185. The third-order valence-electron chi connectivity index (χ3n) is 1.77. The van der Waals surface area contributed by atoms with Gasteiger partial charge in [-0.05, 0) is 39.8 Å². The largest absolute Gasteiger partial charge is 0.346 e. The van der Waals surface area contributed by atoms with Crippen molar-refractivity contribution in [3.63, 3.8) is 0 Å². The summed E-state index contributed by atoms with van der Waals surface area (Å²) < 4.78 is 11.4. The Balaban J connectivity index is 2.72. The Bertz CT molecular complexity index is 262. The Morgan fingerprint density at radius 2 is 1.40 bits per heavy atom. The Morgan fingerprint density at radius 3 is 1.80 bits per heavy atom. The van der Waals surface area contributed by atoms with Gasteiger partial charge in [-0.3, -0.25) is 4.98 Å². The second-order valence-corrected chi connectivity index (χ2v) is 3.98. The van der Waals surface area contributed by atoms with E-state index in [4.69, 9.17) is 9.47 Å². The third kappa shape index (κ3) is 4.40. The molecular formula is C12H19NO2. The molecule has 0 saturated heterocycles. The van der Waals surface area contributed by atoms with Gasteiger partial charge in [-0.1, -0.05) is 0 Å². The van der Waals surface area contributed by atoms with Gasteiger partial charge < -0.3 is 9.47 Å². The van der Waals surface area contributed by atoms with Crippen molar-refractivity contribution in [2.24, 2.45) is 0 Å². The first kappa shape index (κ1) is 12.1. The minimum Gasteiger partial charge on any atom is -0.346 e. The molecule has 0 fully saturated rings. The highest BCUT2D eigenvalue weighted by molar-refractivity contribution is 5.11. The first-order valence-corrected chi connectivity index (χ1v) is 5.30. The maximum absolute atomic E-state index is 5.70. The molecule has 0 aliphatic heterocycles. The lowest BCUT2D eigenvalue weighted by Crippen LogP contribution is -2.17. The van der Waals surface area contributed by atoms with Crippen LogP contribution in [0.5, 0.6) is 0 Å². The summed E-state index contributed by atoms with van der Waals surface area (Å²) in [5, 5.41) is 0. The van der Waals surface area contributed by atoms with Crippen LogP contribution in [0, 0.1) is 0 Å². The summed E-state index contributed by atoms with van der Waals surface area (Å²) in [4.78, 5) is 3.97. The standard InChI is InChI=1S/C12H19NO2/c1-9(2)14-12(15-10(3)4)11-5-7-13-8-6-11/h5-10,12H,1-4H3. The van der Waals surface area contributed by atoms with Crippen molar-refractivity contribution in [1.29, 1.82) is 0 Å². The molecule has 1 heterocycles. The van der Waals surface area contributed by atoms with Crippen molar-refractivity contribution in [2.75, 3.05) is 0 Å². The highest BCUT2D eigenvalue weighted by atomic mass is 16.7. The molecular weight excluding hydrogens is 190 g/mol. The summed E-state index contributed by atoms with van der Waals surface area (Å²) in [7, 11) is 0. The predicted octanol–water partition coefficient (Wildman–Crippen LogP) is 2.93. The van der Waals surface area contributed by atoms with Gasteiger partial charge in [0.2, 0.25) is 0 Å². The molecule has 0 unspecified atom stereocenters. The fourth-order valence-corrected chi connectivity index (χ4v) is 1.20. The topological polar surface area (TPSA) is 31.4 Å². The average molecular weight is 209 g/mol. The predicted molar refractivity (Wildman–Crippen MR) is 59.4 cm³/mol. The highest BCUT2D eigenvalue weighted by Gasteiger charge is 2.15. The summed E-state index contributed by atoms with van der Waals surface area (Å²) in [6.45, 7) is 7.99. The minimum absolute atomic E-state index is 0.141. The number of hydrogen-bond acceptors (Lipinski definition) is 3. The van der Waals surface area contributed by atoms with Crippen LogP contribution in [0.25, 0.3) is 0 Å². The third-order valence-corrected chi connectivity index (χ3v) is 1.77. The van der Waals surface area contributed by atoms with Crippen LogP contribution in [0.1, 0.15) is 39.5 Å². The van der Waals surface area contributed by atoms with Gasteiger partial charge in [0, 0.05) is 18.0 Å². The summed E-state index contributed by atoms with van der Waals surface area (Å²) in [6, 6.07) is 3.82. The van der Waals surface area contributed by atoms with Crippen molar-refractivity contribution >= 4 is 0 Å². The van der Waals surface area contributed by atoms with Gasteiger partial charge in [-0.2, -0.15) is 0 Å². The van der Waals surface area contributed by atoms with E-state index in [1.54, 1.807) is 12.4 Å². The normalized spacial score (nSPS) is 11.7. The Morgan fingerprint density at radius 1 is 0.933 bits per heavy atom. The first-order chi connectivity index (χ1) is 7.09. The highest BCUT2D eigenvalue weighted by Crippen LogP contribution is 2.21. The van der Waals surface area contributed by atoms with E-state index in [1.165, 1.54) is 0 Å². The van der Waals surface area contributed by atoms with E-state index in [1.807, 2.05) is 39.8 Å². The van der Waals surface area contributed by atoms with Gasteiger partial charge in [0.25, 0.3) is 0 Å². The molecule has 0 atom stereocenters. The maximum atomic E-state index is 5.70. The van der Waals surface area contributed by atoms with Gasteiger partial charge in [-0.25, -0.2) is 0 Å². The number of aromatic nitrogens is 1. The molecule has 3 heteroatoms. The van der Waals surface area contributed by atoms with E-state index in [9.17, 15) is 0 Å². The molecule has 0 N–H and O–H groups in total. The zero-order chi connectivity index (χ0) is 11.3. The van der Waals surface area contributed by atoms with E-state index in [0.717, 1.165) is 5.56 Å². The monoisotopic (exact) mass is 209 g/mol. The molecule has 0 bridgehead atoms. The van der Waals surface area contributed by atoms with Crippen LogP contribution in [0.3, 0.4) is 0 Å². The molecule has 0 aliphatic carbocycles. The van der Waals surface area contributed by atoms with Crippen LogP contribution in [0.15, 0.2) is 24.5 Å². The SMILES string of the molecule is CC(C)OC(OC(C)C)c1ccncc1. The lowest BCUT2D eigenvalue weighted by atomic mass is 10.2. The second kappa shape index (κ2) is 5.83. The Labute approximate surface area is 91.4 Å². The minimum atomic E-state index is -0.298. The van der Waals surface area contributed by atoms with E-state index in [0.29, 0.717) is 0 Å². The molecule has 84 valence electrons. The van der Waals surface area contributed by atoms with Crippen LogP contribution in [0.2, 0.25) is 0 Å². The molecule has 0 aromatic carbocycles. The van der Waals surface area contributed by atoms with Crippen molar-refractivity contribution < 1.29 is 9.47 Å². The quantitative estimate of drug-likeness (QED) is 0.699. The molecule has 1 aromatic rings. The number of rotatable bonds is 5. The molecule has 3 nitrogen and oxygen atoms in total. The van der Waals surface area contributed by atoms with Crippen LogP contribution in [-0.2, 0) is 9.47 Å². The molecule has 0 aliphatic rings. The average Bonchev–Trinajstić information content (AvgIpc) is 2.17. The summed E-state index contributed by atoms with van der Waals surface area (Å²) >= 11 is 0. The van der Waals surface area contributed by atoms with E-state index in [-0.39, 0.29) is 18.5 Å². The Hall–Kier alpha value is -0.930. The van der Waals surface area contributed by atoms with Gasteiger partial charge in [-0.15, -0.1) is 0 Å². The van der Waals surface area contributed by atoms with Gasteiger partial charge in [0.15, 0.2) is 6.29 Å². The fourth-order valence-electron chi connectivity index (χ4n) is 1.20. The van der Waals surface area contributed by atoms with Crippen molar-refractivity contribution in [3.8, 4) is 0 Å². The number of hydrogen-bond donors (Lipinski definition) is 0. The molecule has 1 aromatic heterocycles. The van der Waals surface area contributed by atoms with E-state index >= 15 is 0 Å².